The van der Waals surface area contributed by atoms with Crippen LogP contribution in [0.4, 0.5) is 5.82 Å². The van der Waals surface area contributed by atoms with Gasteiger partial charge in [0.05, 0.1) is 17.9 Å². The number of nitrogens with one attached hydrogen (secondary N) is 1. The van der Waals surface area contributed by atoms with Crippen LogP contribution in [-0.4, -0.2) is 26.8 Å². The lowest BCUT2D eigenvalue weighted by Crippen LogP contribution is -2.06. The van der Waals surface area contributed by atoms with Gasteiger partial charge in [-0.3, -0.25) is 4.68 Å². The van der Waals surface area contributed by atoms with Crippen LogP contribution < -0.4 is 5.32 Å². The standard InChI is InChI=1S/C15H21N5/c1-5-12(6-2)20-9-11(8-19-20)14-13(7-3)15(16-4)18-10-17-14/h7-10,12H,3,5-6H2,1-2,4H3,(H,16,17,18). The van der Waals surface area contributed by atoms with Crippen molar-refractivity contribution in [1.82, 2.24) is 19.7 Å². The molecule has 0 aromatic carbocycles. The summed E-state index contributed by atoms with van der Waals surface area (Å²) in [4.78, 5) is 8.58. The molecule has 106 valence electrons. The molecule has 0 unspecified atom stereocenters. The van der Waals surface area contributed by atoms with E-state index in [1.807, 2.05) is 24.1 Å². The van der Waals surface area contributed by atoms with Crippen LogP contribution in [0.25, 0.3) is 17.3 Å². The summed E-state index contributed by atoms with van der Waals surface area (Å²) in [6.07, 6.45) is 9.37. The van der Waals surface area contributed by atoms with Gasteiger partial charge in [0, 0.05) is 24.4 Å². The maximum absolute atomic E-state index is 4.47. The average Bonchev–Trinajstić information content (AvgIpc) is 2.97. The third-order valence-electron chi connectivity index (χ3n) is 3.52. The van der Waals surface area contributed by atoms with Crippen molar-refractivity contribution >= 4 is 11.9 Å². The highest BCUT2D eigenvalue weighted by molar-refractivity contribution is 5.77. The lowest BCUT2D eigenvalue weighted by atomic mass is 10.1. The number of hydrogen-bond donors (Lipinski definition) is 1. The molecule has 0 aliphatic heterocycles. The predicted molar refractivity (Wildman–Crippen MR) is 82.5 cm³/mol. The van der Waals surface area contributed by atoms with Gasteiger partial charge in [-0.05, 0) is 12.8 Å². The molecule has 0 saturated heterocycles. The van der Waals surface area contributed by atoms with Crippen molar-refractivity contribution in [2.75, 3.05) is 12.4 Å². The lowest BCUT2D eigenvalue weighted by molar-refractivity contribution is 0.428. The van der Waals surface area contributed by atoms with E-state index < -0.39 is 0 Å². The van der Waals surface area contributed by atoms with Crippen molar-refractivity contribution in [2.24, 2.45) is 0 Å². The van der Waals surface area contributed by atoms with E-state index in [1.54, 1.807) is 12.4 Å². The second kappa shape index (κ2) is 6.32. The van der Waals surface area contributed by atoms with Gasteiger partial charge in [0.2, 0.25) is 0 Å². The van der Waals surface area contributed by atoms with E-state index in [9.17, 15) is 0 Å². The number of anilines is 1. The third-order valence-corrected chi connectivity index (χ3v) is 3.52. The monoisotopic (exact) mass is 271 g/mol. The minimum atomic E-state index is 0.432. The van der Waals surface area contributed by atoms with Gasteiger partial charge in [-0.25, -0.2) is 9.97 Å². The van der Waals surface area contributed by atoms with Crippen LogP contribution in [0.15, 0.2) is 25.3 Å². The quantitative estimate of drug-likeness (QED) is 0.875. The Morgan fingerprint density at radius 1 is 1.35 bits per heavy atom. The van der Waals surface area contributed by atoms with Gasteiger partial charge in [0.25, 0.3) is 0 Å². The van der Waals surface area contributed by atoms with E-state index in [1.165, 1.54) is 0 Å². The fraction of sp³-hybridized carbons (Fsp3) is 0.400. The molecule has 2 heterocycles. The highest BCUT2D eigenvalue weighted by Crippen LogP contribution is 2.27. The highest BCUT2D eigenvalue weighted by Gasteiger charge is 2.13. The summed E-state index contributed by atoms with van der Waals surface area (Å²) in [5.74, 6) is 0.778. The van der Waals surface area contributed by atoms with Gasteiger partial charge in [-0.15, -0.1) is 0 Å². The van der Waals surface area contributed by atoms with Crippen LogP contribution in [0.1, 0.15) is 38.3 Å². The average molecular weight is 271 g/mol. The van der Waals surface area contributed by atoms with Gasteiger partial charge in [-0.2, -0.15) is 5.10 Å². The highest BCUT2D eigenvalue weighted by atomic mass is 15.3. The summed E-state index contributed by atoms with van der Waals surface area (Å²) >= 11 is 0. The maximum atomic E-state index is 4.47. The van der Waals surface area contributed by atoms with E-state index in [4.69, 9.17) is 0 Å². The van der Waals surface area contributed by atoms with Crippen molar-refractivity contribution in [1.29, 1.82) is 0 Å². The summed E-state index contributed by atoms with van der Waals surface area (Å²) < 4.78 is 2.02. The molecule has 0 amide bonds. The van der Waals surface area contributed by atoms with Crippen LogP contribution in [0.5, 0.6) is 0 Å². The van der Waals surface area contributed by atoms with Crippen molar-refractivity contribution in [3.8, 4) is 11.3 Å². The molecular formula is C15H21N5. The number of aromatic nitrogens is 4. The Labute approximate surface area is 119 Å². The third kappa shape index (κ3) is 2.57. The van der Waals surface area contributed by atoms with Crippen molar-refractivity contribution in [3.63, 3.8) is 0 Å². The van der Waals surface area contributed by atoms with Crippen molar-refractivity contribution < 1.29 is 0 Å². The molecule has 0 spiro atoms. The van der Waals surface area contributed by atoms with Gasteiger partial charge in [0.1, 0.15) is 12.1 Å². The molecule has 2 rings (SSSR count). The Kier molecular flexibility index (Phi) is 4.50. The Hall–Kier alpha value is -2.17. The van der Waals surface area contributed by atoms with E-state index in [2.05, 4.69) is 40.8 Å². The van der Waals surface area contributed by atoms with E-state index in [0.717, 1.165) is 35.5 Å². The predicted octanol–water partition coefficient (Wildman–Crippen LogP) is 3.39. The van der Waals surface area contributed by atoms with Crippen molar-refractivity contribution in [2.45, 2.75) is 32.7 Å². The van der Waals surface area contributed by atoms with Crippen LogP contribution in [0.2, 0.25) is 0 Å². The summed E-state index contributed by atoms with van der Waals surface area (Å²) in [7, 11) is 1.84. The van der Waals surface area contributed by atoms with E-state index in [-0.39, 0.29) is 0 Å². The van der Waals surface area contributed by atoms with Crippen LogP contribution in [-0.2, 0) is 0 Å². The first-order valence-electron chi connectivity index (χ1n) is 6.94. The molecule has 0 aliphatic carbocycles. The number of rotatable bonds is 6. The Bertz CT molecular complexity index is 584. The second-order valence-corrected chi connectivity index (χ2v) is 4.62. The Balaban J connectivity index is 2.44. The summed E-state index contributed by atoms with van der Waals surface area (Å²) in [6.45, 7) is 8.20. The SMILES string of the molecule is C=Cc1c(NC)ncnc1-c1cnn(C(CC)CC)c1. The largest absolute Gasteiger partial charge is 0.373 e. The van der Waals surface area contributed by atoms with Crippen molar-refractivity contribution in [3.05, 3.63) is 30.9 Å². The zero-order valence-electron chi connectivity index (χ0n) is 12.3. The van der Waals surface area contributed by atoms with Crippen LogP contribution in [0, 0.1) is 0 Å². The minimum Gasteiger partial charge on any atom is -0.373 e. The number of hydrogen-bond acceptors (Lipinski definition) is 4. The first kappa shape index (κ1) is 14.2. The first-order chi connectivity index (χ1) is 9.74. The Morgan fingerprint density at radius 3 is 2.70 bits per heavy atom. The minimum absolute atomic E-state index is 0.432. The lowest BCUT2D eigenvalue weighted by Gasteiger charge is -2.12. The molecule has 5 nitrogen and oxygen atoms in total. The number of nitrogens with zero attached hydrogens (tertiary/aromatic N) is 4. The fourth-order valence-corrected chi connectivity index (χ4v) is 2.34. The maximum Gasteiger partial charge on any atom is 0.137 e. The molecule has 0 bridgehead atoms. The Morgan fingerprint density at radius 2 is 2.10 bits per heavy atom. The topological polar surface area (TPSA) is 55.6 Å². The molecule has 20 heavy (non-hydrogen) atoms. The van der Waals surface area contributed by atoms with E-state index >= 15 is 0 Å². The first-order valence-corrected chi connectivity index (χ1v) is 6.94. The molecule has 0 fully saturated rings. The zero-order valence-corrected chi connectivity index (χ0v) is 12.3. The second-order valence-electron chi connectivity index (χ2n) is 4.62. The zero-order chi connectivity index (χ0) is 14.5. The van der Waals surface area contributed by atoms with Gasteiger partial charge in [0.15, 0.2) is 0 Å². The van der Waals surface area contributed by atoms with Crippen LogP contribution >= 0.6 is 0 Å². The van der Waals surface area contributed by atoms with Gasteiger partial charge in [-0.1, -0.05) is 26.5 Å². The summed E-state index contributed by atoms with van der Waals surface area (Å²) in [5.41, 5.74) is 2.75. The molecule has 1 N–H and O–H groups in total. The molecule has 0 atom stereocenters. The van der Waals surface area contributed by atoms with Gasteiger partial charge < -0.3 is 5.32 Å². The summed E-state index contributed by atoms with van der Waals surface area (Å²) in [5, 5.41) is 7.53. The molecule has 0 saturated carbocycles. The molecule has 2 aromatic rings. The molecule has 2 aromatic heterocycles. The normalized spacial score (nSPS) is 10.8. The fourth-order valence-electron chi connectivity index (χ4n) is 2.34. The smallest absolute Gasteiger partial charge is 0.137 e. The van der Waals surface area contributed by atoms with Gasteiger partial charge >= 0.3 is 0 Å². The molecule has 5 heteroatoms. The van der Waals surface area contributed by atoms with Crippen LogP contribution in [0.3, 0.4) is 0 Å². The summed E-state index contributed by atoms with van der Waals surface area (Å²) in [6, 6.07) is 0.432. The molecular weight excluding hydrogens is 250 g/mol. The molecule has 0 aliphatic rings. The van der Waals surface area contributed by atoms with E-state index in [0.29, 0.717) is 6.04 Å². The molecule has 0 radical (unpaired) electrons.